The van der Waals surface area contributed by atoms with Gasteiger partial charge in [-0.1, -0.05) is 30.3 Å². The average molecular weight is 481 g/mol. The van der Waals surface area contributed by atoms with Crippen LogP contribution in [-0.4, -0.2) is 18.9 Å². The third kappa shape index (κ3) is 6.20. The maximum atomic E-state index is 12.2. The molecule has 0 spiro atoms. The number of hydrogen-bond acceptors (Lipinski definition) is 4. The van der Waals surface area contributed by atoms with E-state index >= 15 is 0 Å². The third-order valence-electron chi connectivity index (χ3n) is 4.34. The molecule has 0 aliphatic heterocycles. The lowest BCUT2D eigenvalue weighted by atomic mass is 10.1. The van der Waals surface area contributed by atoms with Gasteiger partial charge in [0.25, 0.3) is 0 Å². The number of amides is 2. The second-order valence-electron chi connectivity index (χ2n) is 6.57. The van der Waals surface area contributed by atoms with E-state index in [4.69, 9.17) is 15.2 Å². The molecule has 0 heterocycles. The molecule has 0 atom stereocenters. The Morgan fingerprint density at radius 1 is 1.06 bits per heavy atom. The minimum Gasteiger partial charge on any atom is -0.493 e. The van der Waals surface area contributed by atoms with Gasteiger partial charge in [0.05, 0.1) is 11.6 Å². The zero-order valence-electron chi connectivity index (χ0n) is 16.8. The molecule has 0 radical (unpaired) electrons. The summed E-state index contributed by atoms with van der Waals surface area (Å²) in [4.78, 5) is 23.3. The molecule has 3 N–H and O–H groups in total. The first-order valence-corrected chi connectivity index (χ1v) is 10.2. The number of halogens is 1. The Bertz CT molecular complexity index is 1100. The highest BCUT2D eigenvalue weighted by Gasteiger charge is 2.11. The van der Waals surface area contributed by atoms with Crippen molar-refractivity contribution >= 4 is 39.5 Å². The molecule has 31 heavy (non-hydrogen) atoms. The van der Waals surface area contributed by atoms with E-state index in [-0.39, 0.29) is 5.91 Å². The third-order valence-corrected chi connectivity index (χ3v) is 4.93. The van der Waals surface area contributed by atoms with Gasteiger partial charge in [-0.2, -0.15) is 0 Å². The molecule has 0 aliphatic rings. The van der Waals surface area contributed by atoms with Gasteiger partial charge in [-0.05, 0) is 69.5 Å². The van der Waals surface area contributed by atoms with Crippen molar-refractivity contribution in [1.29, 1.82) is 0 Å². The van der Waals surface area contributed by atoms with Crippen molar-refractivity contribution in [2.45, 2.75) is 6.61 Å². The minimum atomic E-state index is -0.520. The quantitative estimate of drug-likeness (QED) is 0.453. The lowest BCUT2D eigenvalue weighted by Gasteiger charge is -2.13. The average Bonchev–Trinajstić information content (AvgIpc) is 2.77. The molecule has 7 heteroatoms. The molecule has 0 unspecified atom stereocenters. The number of primary amides is 1. The van der Waals surface area contributed by atoms with Gasteiger partial charge >= 0.3 is 0 Å². The smallest absolute Gasteiger partial charge is 0.248 e. The number of nitrogens with two attached hydrogens (primary N) is 1. The van der Waals surface area contributed by atoms with Gasteiger partial charge in [0.15, 0.2) is 11.5 Å². The maximum Gasteiger partial charge on any atom is 0.248 e. The largest absolute Gasteiger partial charge is 0.493 e. The molecule has 2 amide bonds. The highest BCUT2D eigenvalue weighted by Crippen LogP contribution is 2.37. The number of hydrogen-bond donors (Lipinski definition) is 2. The summed E-state index contributed by atoms with van der Waals surface area (Å²) in [6, 6.07) is 19.8. The number of ether oxygens (including phenoxy) is 2. The van der Waals surface area contributed by atoms with Crippen LogP contribution in [0.1, 0.15) is 21.5 Å². The van der Waals surface area contributed by atoms with E-state index < -0.39 is 5.91 Å². The Morgan fingerprint density at radius 2 is 1.77 bits per heavy atom. The monoisotopic (exact) mass is 480 g/mol. The van der Waals surface area contributed by atoms with Crippen LogP contribution in [0.15, 0.2) is 77.3 Å². The molecule has 158 valence electrons. The molecule has 3 aromatic carbocycles. The van der Waals surface area contributed by atoms with Crippen molar-refractivity contribution in [3.63, 3.8) is 0 Å². The van der Waals surface area contributed by atoms with Crippen LogP contribution in [0.5, 0.6) is 11.5 Å². The van der Waals surface area contributed by atoms with Crippen molar-refractivity contribution in [1.82, 2.24) is 0 Å². The van der Waals surface area contributed by atoms with Crippen LogP contribution >= 0.6 is 15.9 Å². The van der Waals surface area contributed by atoms with E-state index in [0.717, 1.165) is 11.1 Å². The van der Waals surface area contributed by atoms with E-state index in [1.165, 1.54) is 6.08 Å². The normalized spacial score (nSPS) is 10.6. The van der Waals surface area contributed by atoms with Gasteiger partial charge in [0, 0.05) is 17.3 Å². The fraction of sp³-hybridized carbons (Fsp3) is 0.0833. The Labute approximate surface area is 188 Å². The molecule has 6 nitrogen and oxygen atoms in total. The topological polar surface area (TPSA) is 90.6 Å². The summed E-state index contributed by atoms with van der Waals surface area (Å²) in [5, 5.41) is 2.73. The second kappa shape index (κ2) is 10.4. The summed E-state index contributed by atoms with van der Waals surface area (Å²) in [6.07, 6.45) is 3.08. The summed E-state index contributed by atoms with van der Waals surface area (Å²) in [5.41, 5.74) is 7.95. The van der Waals surface area contributed by atoms with Crippen LogP contribution in [0.3, 0.4) is 0 Å². The Balaban J connectivity index is 1.67. The number of benzene rings is 3. The highest BCUT2D eigenvalue weighted by molar-refractivity contribution is 9.10. The SMILES string of the molecule is COc1cc(/C=C/C(=O)Nc2ccc(C(N)=O)cc2)cc(Br)c1OCc1ccccc1. The fourth-order valence-electron chi connectivity index (χ4n) is 2.78. The predicted octanol–water partition coefficient (Wildman–Crippen LogP) is 4.79. The van der Waals surface area contributed by atoms with Crippen molar-refractivity contribution in [2.75, 3.05) is 12.4 Å². The van der Waals surface area contributed by atoms with E-state index in [2.05, 4.69) is 21.2 Å². The predicted molar refractivity (Wildman–Crippen MR) is 124 cm³/mol. The molecule has 0 aliphatic carbocycles. The minimum absolute atomic E-state index is 0.314. The zero-order valence-corrected chi connectivity index (χ0v) is 18.4. The van der Waals surface area contributed by atoms with Gasteiger partial charge in [0.2, 0.25) is 11.8 Å². The number of carbonyl (C=O) groups excluding carboxylic acids is 2. The number of anilines is 1. The number of carbonyl (C=O) groups is 2. The Morgan fingerprint density at radius 3 is 2.42 bits per heavy atom. The van der Waals surface area contributed by atoms with E-state index in [0.29, 0.717) is 33.8 Å². The lowest BCUT2D eigenvalue weighted by Crippen LogP contribution is -2.11. The second-order valence-corrected chi connectivity index (χ2v) is 7.43. The first kappa shape index (κ1) is 22.1. The Hall–Kier alpha value is -3.58. The zero-order chi connectivity index (χ0) is 22.2. The summed E-state index contributed by atoms with van der Waals surface area (Å²) < 4.78 is 12.1. The van der Waals surface area contributed by atoms with E-state index in [1.54, 1.807) is 43.5 Å². The summed E-state index contributed by atoms with van der Waals surface area (Å²) >= 11 is 3.51. The molecule has 0 saturated carbocycles. The van der Waals surface area contributed by atoms with Gasteiger partial charge in [-0.25, -0.2) is 0 Å². The van der Waals surface area contributed by atoms with Crippen LogP contribution in [0.25, 0.3) is 6.08 Å². The van der Waals surface area contributed by atoms with Crippen molar-refractivity contribution in [3.8, 4) is 11.5 Å². The Kier molecular flexibility index (Phi) is 7.45. The van der Waals surface area contributed by atoms with Crippen molar-refractivity contribution in [3.05, 3.63) is 94.0 Å². The molecule has 0 fully saturated rings. The number of nitrogens with one attached hydrogen (secondary N) is 1. The molecule has 0 bridgehead atoms. The summed E-state index contributed by atoms with van der Waals surface area (Å²) in [5.74, 6) is 0.301. The van der Waals surface area contributed by atoms with Crippen LogP contribution < -0.4 is 20.5 Å². The van der Waals surface area contributed by atoms with Crippen LogP contribution in [0.2, 0.25) is 0 Å². The van der Waals surface area contributed by atoms with E-state index in [1.807, 2.05) is 36.4 Å². The first-order chi connectivity index (χ1) is 15.0. The van der Waals surface area contributed by atoms with Crippen LogP contribution in [-0.2, 0) is 11.4 Å². The van der Waals surface area contributed by atoms with Crippen LogP contribution in [0.4, 0.5) is 5.69 Å². The van der Waals surface area contributed by atoms with Crippen molar-refractivity contribution < 1.29 is 19.1 Å². The van der Waals surface area contributed by atoms with Gasteiger partial charge in [0.1, 0.15) is 6.61 Å². The molecular weight excluding hydrogens is 460 g/mol. The molecule has 3 rings (SSSR count). The molecule has 0 saturated heterocycles. The number of rotatable bonds is 8. The first-order valence-electron chi connectivity index (χ1n) is 9.39. The van der Waals surface area contributed by atoms with Gasteiger partial charge < -0.3 is 20.5 Å². The van der Waals surface area contributed by atoms with Crippen LogP contribution in [0, 0.1) is 0 Å². The van der Waals surface area contributed by atoms with Gasteiger partial charge in [-0.15, -0.1) is 0 Å². The maximum absolute atomic E-state index is 12.2. The highest BCUT2D eigenvalue weighted by atomic mass is 79.9. The summed E-state index contributed by atoms with van der Waals surface area (Å²) in [7, 11) is 1.56. The lowest BCUT2D eigenvalue weighted by molar-refractivity contribution is -0.111. The van der Waals surface area contributed by atoms with Gasteiger partial charge in [-0.3, -0.25) is 9.59 Å². The molecule has 0 aromatic heterocycles. The molecular formula is C24H21BrN2O4. The standard InChI is InChI=1S/C24H21BrN2O4/c1-30-21-14-17(13-20(25)23(21)31-15-16-5-3-2-4-6-16)7-12-22(28)27-19-10-8-18(9-11-19)24(26)29/h2-14H,15H2,1H3,(H2,26,29)(H,27,28)/b12-7+. The van der Waals surface area contributed by atoms with Crippen molar-refractivity contribution in [2.24, 2.45) is 5.73 Å². The fourth-order valence-corrected chi connectivity index (χ4v) is 3.35. The molecule has 3 aromatic rings. The summed E-state index contributed by atoms with van der Waals surface area (Å²) in [6.45, 7) is 0.405. The van der Waals surface area contributed by atoms with E-state index in [9.17, 15) is 9.59 Å². The number of methoxy groups -OCH3 is 1.